The Kier molecular flexibility index (Phi) is 3.60. The highest BCUT2D eigenvalue weighted by atomic mass is 16.5. The molecule has 1 aromatic heterocycles. The lowest BCUT2D eigenvalue weighted by molar-refractivity contribution is -0.117. The van der Waals surface area contributed by atoms with Crippen LogP contribution in [0.1, 0.15) is 11.1 Å². The number of rotatable bonds is 5. The summed E-state index contributed by atoms with van der Waals surface area (Å²) in [6, 6.07) is 15.8. The zero-order valence-corrected chi connectivity index (χ0v) is 11.5. The van der Waals surface area contributed by atoms with Gasteiger partial charge in [-0.3, -0.25) is 4.79 Å². The number of benzene rings is 2. The Bertz CT molecular complexity index is 763. The molecule has 0 saturated heterocycles. The average Bonchev–Trinajstić information content (AvgIpc) is 2.89. The summed E-state index contributed by atoms with van der Waals surface area (Å²) in [7, 11) is 0. The van der Waals surface area contributed by atoms with Crippen LogP contribution in [0.5, 0.6) is 5.75 Å². The lowest BCUT2D eigenvalue weighted by Crippen LogP contribution is -2.13. The van der Waals surface area contributed by atoms with E-state index < -0.39 is 0 Å². The molecular formula is C17H16N2O2. The molecule has 0 bridgehead atoms. The van der Waals surface area contributed by atoms with E-state index in [0.717, 1.165) is 27.8 Å². The van der Waals surface area contributed by atoms with Gasteiger partial charge in [-0.1, -0.05) is 42.5 Å². The first kappa shape index (κ1) is 13.2. The predicted molar refractivity (Wildman–Crippen MR) is 82.0 cm³/mol. The van der Waals surface area contributed by atoms with Crippen molar-refractivity contribution < 1.29 is 9.53 Å². The molecule has 0 spiro atoms. The number of fused-ring (bicyclic) bond motifs is 1. The van der Waals surface area contributed by atoms with E-state index in [0.29, 0.717) is 6.61 Å². The van der Waals surface area contributed by atoms with Crippen LogP contribution in [0.4, 0.5) is 0 Å². The van der Waals surface area contributed by atoms with Crippen LogP contribution in [0.2, 0.25) is 0 Å². The van der Waals surface area contributed by atoms with Crippen LogP contribution in [-0.2, 0) is 17.8 Å². The van der Waals surface area contributed by atoms with Crippen LogP contribution < -0.4 is 10.5 Å². The van der Waals surface area contributed by atoms with E-state index in [-0.39, 0.29) is 12.3 Å². The van der Waals surface area contributed by atoms with Gasteiger partial charge in [-0.15, -0.1) is 0 Å². The molecule has 3 N–H and O–H groups in total. The zero-order chi connectivity index (χ0) is 14.7. The van der Waals surface area contributed by atoms with E-state index >= 15 is 0 Å². The summed E-state index contributed by atoms with van der Waals surface area (Å²) in [5.74, 6) is 0.429. The fourth-order valence-electron chi connectivity index (χ4n) is 2.37. The zero-order valence-electron chi connectivity index (χ0n) is 11.5. The van der Waals surface area contributed by atoms with Crippen LogP contribution in [0.15, 0.2) is 54.7 Å². The Hall–Kier alpha value is -2.75. The molecule has 0 fully saturated rings. The maximum Gasteiger partial charge on any atom is 0.221 e. The van der Waals surface area contributed by atoms with Gasteiger partial charge in [-0.2, -0.15) is 0 Å². The number of amides is 1. The van der Waals surface area contributed by atoms with Gasteiger partial charge in [0, 0.05) is 11.6 Å². The molecule has 0 atom stereocenters. The second-order valence-electron chi connectivity index (χ2n) is 4.91. The fourth-order valence-corrected chi connectivity index (χ4v) is 2.37. The number of ether oxygens (including phenoxy) is 1. The molecule has 0 aliphatic carbocycles. The Morgan fingerprint density at radius 2 is 1.90 bits per heavy atom. The van der Waals surface area contributed by atoms with Crippen molar-refractivity contribution >= 4 is 16.8 Å². The molecule has 0 aliphatic rings. The largest absolute Gasteiger partial charge is 0.487 e. The van der Waals surface area contributed by atoms with Crippen molar-refractivity contribution in [2.45, 2.75) is 13.0 Å². The minimum Gasteiger partial charge on any atom is -0.487 e. The number of nitrogens with two attached hydrogens (primary N) is 1. The van der Waals surface area contributed by atoms with E-state index in [2.05, 4.69) is 4.98 Å². The number of aromatic nitrogens is 1. The number of carbonyl (C=O) groups excluding carboxylic acids is 1. The SMILES string of the molecule is NC(=O)Cc1c[nH]c2c(OCc3ccccc3)cccc12. The van der Waals surface area contributed by atoms with Gasteiger partial charge in [0.15, 0.2) is 0 Å². The van der Waals surface area contributed by atoms with Crippen molar-refractivity contribution in [2.75, 3.05) is 0 Å². The number of carbonyl (C=O) groups is 1. The second kappa shape index (κ2) is 5.71. The lowest BCUT2D eigenvalue weighted by atomic mass is 10.1. The molecule has 0 unspecified atom stereocenters. The van der Waals surface area contributed by atoms with E-state index in [1.165, 1.54) is 0 Å². The molecule has 0 radical (unpaired) electrons. The maximum atomic E-state index is 11.1. The Labute approximate surface area is 122 Å². The highest BCUT2D eigenvalue weighted by Gasteiger charge is 2.10. The van der Waals surface area contributed by atoms with Crippen molar-refractivity contribution in [1.82, 2.24) is 4.98 Å². The number of aromatic amines is 1. The summed E-state index contributed by atoms with van der Waals surface area (Å²) in [5.41, 5.74) is 8.16. The molecule has 21 heavy (non-hydrogen) atoms. The van der Waals surface area contributed by atoms with Gasteiger partial charge in [0.25, 0.3) is 0 Å². The molecule has 3 rings (SSSR count). The second-order valence-corrected chi connectivity index (χ2v) is 4.91. The third kappa shape index (κ3) is 2.89. The number of hydrogen-bond donors (Lipinski definition) is 2. The standard InChI is InChI=1S/C17H16N2O2/c18-16(20)9-13-10-19-17-14(13)7-4-8-15(17)21-11-12-5-2-1-3-6-12/h1-8,10,19H,9,11H2,(H2,18,20). The topological polar surface area (TPSA) is 68.1 Å². The summed E-state index contributed by atoms with van der Waals surface area (Å²) in [4.78, 5) is 14.2. The quantitative estimate of drug-likeness (QED) is 0.754. The molecule has 1 amide bonds. The van der Waals surface area contributed by atoms with Crippen LogP contribution in [0.3, 0.4) is 0 Å². The smallest absolute Gasteiger partial charge is 0.221 e. The number of hydrogen-bond acceptors (Lipinski definition) is 2. The first-order valence-corrected chi connectivity index (χ1v) is 6.78. The summed E-state index contributed by atoms with van der Waals surface area (Å²) >= 11 is 0. The summed E-state index contributed by atoms with van der Waals surface area (Å²) in [5, 5.41) is 0.972. The normalized spacial score (nSPS) is 10.7. The first-order valence-electron chi connectivity index (χ1n) is 6.78. The van der Waals surface area contributed by atoms with E-state index in [4.69, 9.17) is 10.5 Å². The Morgan fingerprint density at radius 1 is 1.10 bits per heavy atom. The molecular weight excluding hydrogens is 264 g/mol. The highest BCUT2D eigenvalue weighted by Crippen LogP contribution is 2.28. The monoisotopic (exact) mass is 280 g/mol. The van der Waals surface area contributed by atoms with Gasteiger partial charge in [-0.05, 0) is 17.2 Å². The molecule has 0 saturated carbocycles. The van der Waals surface area contributed by atoms with Gasteiger partial charge in [-0.25, -0.2) is 0 Å². The van der Waals surface area contributed by atoms with Crippen LogP contribution in [-0.4, -0.2) is 10.9 Å². The van der Waals surface area contributed by atoms with Crippen molar-refractivity contribution in [3.05, 3.63) is 65.9 Å². The average molecular weight is 280 g/mol. The number of nitrogens with one attached hydrogen (secondary N) is 1. The highest BCUT2D eigenvalue weighted by molar-refractivity contribution is 5.91. The first-order chi connectivity index (χ1) is 10.2. The van der Waals surface area contributed by atoms with Crippen molar-refractivity contribution in [1.29, 1.82) is 0 Å². The molecule has 1 heterocycles. The van der Waals surface area contributed by atoms with Gasteiger partial charge in [0.05, 0.1) is 11.9 Å². The third-order valence-corrected chi connectivity index (χ3v) is 3.36. The minimum absolute atomic E-state index is 0.224. The van der Waals surface area contributed by atoms with Gasteiger partial charge >= 0.3 is 0 Å². The summed E-state index contributed by atoms with van der Waals surface area (Å²) in [6.07, 6.45) is 2.03. The molecule has 106 valence electrons. The fraction of sp³-hybridized carbons (Fsp3) is 0.118. The molecule has 0 aliphatic heterocycles. The van der Waals surface area contributed by atoms with Gasteiger partial charge in [0.1, 0.15) is 12.4 Å². The number of H-pyrrole nitrogens is 1. The maximum absolute atomic E-state index is 11.1. The van der Waals surface area contributed by atoms with Crippen LogP contribution in [0.25, 0.3) is 10.9 Å². The lowest BCUT2D eigenvalue weighted by Gasteiger charge is -2.07. The van der Waals surface area contributed by atoms with E-state index in [1.54, 1.807) is 0 Å². The molecule has 4 heteroatoms. The Balaban J connectivity index is 1.86. The summed E-state index contributed by atoms with van der Waals surface area (Å²) < 4.78 is 5.88. The Morgan fingerprint density at radius 3 is 2.67 bits per heavy atom. The van der Waals surface area contributed by atoms with Crippen molar-refractivity contribution in [2.24, 2.45) is 5.73 Å². The van der Waals surface area contributed by atoms with Crippen molar-refractivity contribution in [3.8, 4) is 5.75 Å². The minimum atomic E-state index is -0.341. The predicted octanol–water partition coefficient (Wildman–Crippen LogP) is 2.77. The van der Waals surface area contributed by atoms with Gasteiger partial charge < -0.3 is 15.5 Å². The number of primary amides is 1. The van der Waals surface area contributed by atoms with Crippen LogP contribution in [0, 0.1) is 0 Å². The molecule has 2 aromatic carbocycles. The third-order valence-electron chi connectivity index (χ3n) is 3.36. The van der Waals surface area contributed by atoms with Crippen LogP contribution >= 0.6 is 0 Å². The van der Waals surface area contributed by atoms with E-state index in [9.17, 15) is 4.79 Å². The van der Waals surface area contributed by atoms with Crippen molar-refractivity contribution in [3.63, 3.8) is 0 Å². The van der Waals surface area contributed by atoms with Gasteiger partial charge in [0.2, 0.25) is 5.91 Å². The molecule has 3 aromatic rings. The number of para-hydroxylation sites is 1. The van der Waals surface area contributed by atoms with E-state index in [1.807, 2.05) is 54.7 Å². The molecule has 4 nitrogen and oxygen atoms in total. The summed E-state index contributed by atoms with van der Waals surface area (Å²) in [6.45, 7) is 0.504.